The number of carboxylic acid groups (broad SMARTS) is 1. The number of amides is 1. The molecule has 1 unspecified atom stereocenters. The van der Waals surface area contributed by atoms with Gasteiger partial charge in [-0.05, 0) is 25.0 Å². The van der Waals surface area contributed by atoms with Gasteiger partial charge in [0.25, 0.3) is 5.91 Å². The second kappa shape index (κ2) is 5.14. The van der Waals surface area contributed by atoms with Crippen LogP contribution in [0.5, 0.6) is 0 Å². The smallest absolute Gasteiger partial charge is 0.337 e. The minimum Gasteiger partial charge on any atom is -0.478 e. The molecule has 0 saturated carbocycles. The molecule has 1 atom stereocenters. The second-order valence-electron chi connectivity index (χ2n) is 3.96. The quantitative estimate of drug-likeness (QED) is 0.858. The first kappa shape index (κ1) is 12.5. The first-order chi connectivity index (χ1) is 8.59. The molecule has 0 spiro atoms. The van der Waals surface area contributed by atoms with Gasteiger partial charge in [-0.3, -0.25) is 4.79 Å². The molecule has 1 aromatic carbocycles. The van der Waals surface area contributed by atoms with E-state index in [1.54, 1.807) is 0 Å². The van der Waals surface area contributed by atoms with Gasteiger partial charge in [0, 0.05) is 6.61 Å². The molecule has 0 radical (unpaired) electrons. The van der Waals surface area contributed by atoms with Crippen molar-refractivity contribution in [1.29, 1.82) is 0 Å². The maximum Gasteiger partial charge on any atom is 0.337 e. The van der Waals surface area contributed by atoms with Crippen molar-refractivity contribution in [2.75, 3.05) is 11.9 Å². The highest BCUT2D eigenvalue weighted by atomic mass is 19.1. The fraction of sp³-hybridized carbons (Fsp3) is 0.333. The number of benzene rings is 1. The van der Waals surface area contributed by atoms with Crippen molar-refractivity contribution in [2.24, 2.45) is 0 Å². The lowest BCUT2D eigenvalue weighted by Crippen LogP contribution is -2.28. The van der Waals surface area contributed by atoms with E-state index in [-0.39, 0.29) is 11.3 Å². The van der Waals surface area contributed by atoms with Crippen molar-refractivity contribution in [3.05, 3.63) is 29.6 Å². The first-order valence-corrected chi connectivity index (χ1v) is 5.54. The minimum absolute atomic E-state index is 0.277. The van der Waals surface area contributed by atoms with E-state index in [0.29, 0.717) is 13.0 Å². The summed E-state index contributed by atoms with van der Waals surface area (Å²) in [5, 5.41) is 11.2. The van der Waals surface area contributed by atoms with Crippen molar-refractivity contribution >= 4 is 17.6 Å². The van der Waals surface area contributed by atoms with Gasteiger partial charge in [-0.1, -0.05) is 6.07 Å². The molecule has 1 aliphatic heterocycles. The third-order valence-electron chi connectivity index (χ3n) is 2.71. The number of carboxylic acids is 1. The molecule has 1 aromatic rings. The normalized spacial score (nSPS) is 18.6. The zero-order chi connectivity index (χ0) is 13.1. The number of nitrogens with one attached hydrogen (secondary N) is 1. The summed E-state index contributed by atoms with van der Waals surface area (Å²) in [5.41, 5.74) is -0.591. The van der Waals surface area contributed by atoms with E-state index in [1.807, 2.05) is 0 Å². The maximum absolute atomic E-state index is 13.5. The third kappa shape index (κ3) is 2.48. The largest absolute Gasteiger partial charge is 0.478 e. The number of hydrogen-bond acceptors (Lipinski definition) is 3. The van der Waals surface area contributed by atoms with Crippen molar-refractivity contribution < 1.29 is 23.8 Å². The Morgan fingerprint density at radius 2 is 2.22 bits per heavy atom. The van der Waals surface area contributed by atoms with E-state index in [0.717, 1.165) is 12.5 Å². The van der Waals surface area contributed by atoms with Gasteiger partial charge in [-0.15, -0.1) is 0 Å². The number of rotatable bonds is 3. The Bertz CT molecular complexity index is 483. The Balaban J connectivity index is 2.22. The summed E-state index contributed by atoms with van der Waals surface area (Å²) >= 11 is 0. The zero-order valence-electron chi connectivity index (χ0n) is 9.48. The molecule has 18 heavy (non-hydrogen) atoms. The maximum atomic E-state index is 13.5. The van der Waals surface area contributed by atoms with Crippen molar-refractivity contribution in [1.82, 2.24) is 0 Å². The predicted molar refractivity (Wildman–Crippen MR) is 61.0 cm³/mol. The minimum atomic E-state index is -1.29. The predicted octanol–water partition coefficient (Wildman–Crippen LogP) is 1.64. The Morgan fingerprint density at radius 3 is 2.83 bits per heavy atom. The fourth-order valence-electron chi connectivity index (χ4n) is 1.82. The SMILES string of the molecule is O=C(O)c1cccc(F)c1NC(=O)C1CCCO1. The van der Waals surface area contributed by atoms with Crippen LogP contribution in [0.25, 0.3) is 0 Å². The van der Waals surface area contributed by atoms with E-state index in [1.165, 1.54) is 12.1 Å². The monoisotopic (exact) mass is 253 g/mol. The summed E-state index contributed by atoms with van der Waals surface area (Å²) < 4.78 is 18.7. The molecule has 5 nitrogen and oxygen atoms in total. The van der Waals surface area contributed by atoms with Gasteiger partial charge >= 0.3 is 5.97 Å². The van der Waals surface area contributed by atoms with Crippen LogP contribution in [0.1, 0.15) is 23.2 Å². The Kier molecular flexibility index (Phi) is 3.57. The first-order valence-electron chi connectivity index (χ1n) is 5.54. The van der Waals surface area contributed by atoms with Gasteiger partial charge in [0.15, 0.2) is 0 Å². The van der Waals surface area contributed by atoms with Crippen molar-refractivity contribution in [3.63, 3.8) is 0 Å². The van der Waals surface area contributed by atoms with E-state index < -0.39 is 23.8 Å². The van der Waals surface area contributed by atoms with Gasteiger partial charge in [0.2, 0.25) is 0 Å². The Labute approximate surface area is 103 Å². The van der Waals surface area contributed by atoms with Crippen LogP contribution in [0.3, 0.4) is 0 Å². The van der Waals surface area contributed by atoms with Crippen LogP contribution < -0.4 is 5.32 Å². The van der Waals surface area contributed by atoms with Crippen LogP contribution >= 0.6 is 0 Å². The number of carbonyl (C=O) groups is 2. The molecule has 2 rings (SSSR count). The van der Waals surface area contributed by atoms with Gasteiger partial charge in [-0.2, -0.15) is 0 Å². The molecular weight excluding hydrogens is 241 g/mol. The van der Waals surface area contributed by atoms with Gasteiger partial charge in [-0.25, -0.2) is 9.18 Å². The topological polar surface area (TPSA) is 75.6 Å². The number of ether oxygens (including phenoxy) is 1. The van der Waals surface area contributed by atoms with Crippen LogP contribution in [0.15, 0.2) is 18.2 Å². The lowest BCUT2D eigenvalue weighted by molar-refractivity contribution is -0.124. The van der Waals surface area contributed by atoms with Gasteiger partial charge in [0.05, 0.1) is 11.3 Å². The molecule has 2 N–H and O–H groups in total. The molecule has 96 valence electrons. The van der Waals surface area contributed by atoms with Crippen LogP contribution in [0.2, 0.25) is 0 Å². The van der Waals surface area contributed by atoms with Crippen LogP contribution in [0, 0.1) is 5.82 Å². The summed E-state index contributed by atoms with van der Waals surface area (Å²) in [6.07, 6.45) is 0.690. The van der Waals surface area contributed by atoms with Gasteiger partial charge < -0.3 is 15.2 Å². The lowest BCUT2D eigenvalue weighted by atomic mass is 10.1. The van der Waals surface area contributed by atoms with Crippen molar-refractivity contribution in [3.8, 4) is 0 Å². The van der Waals surface area contributed by atoms with E-state index >= 15 is 0 Å². The molecule has 6 heteroatoms. The van der Waals surface area contributed by atoms with E-state index in [4.69, 9.17) is 9.84 Å². The molecule has 0 aliphatic carbocycles. The number of carbonyl (C=O) groups excluding carboxylic acids is 1. The number of aromatic carboxylic acids is 1. The fourth-order valence-corrected chi connectivity index (χ4v) is 1.82. The second-order valence-corrected chi connectivity index (χ2v) is 3.96. The number of hydrogen-bond donors (Lipinski definition) is 2. The highest BCUT2D eigenvalue weighted by molar-refractivity contribution is 6.02. The third-order valence-corrected chi connectivity index (χ3v) is 2.71. The van der Waals surface area contributed by atoms with E-state index in [9.17, 15) is 14.0 Å². The van der Waals surface area contributed by atoms with E-state index in [2.05, 4.69) is 5.32 Å². The molecule has 1 amide bonds. The van der Waals surface area contributed by atoms with Crippen LogP contribution in [0.4, 0.5) is 10.1 Å². The highest BCUT2D eigenvalue weighted by Gasteiger charge is 2.26. The molecular formula is C12H12FNO4. The van der Waals surface area contributed by atoms with Crippen molar-refractivity contribution in [2.45, 2.75) is 18.9 Å². The number of halogens is 1. The summed E-state index contributed by atoms with van der Waals surface area (Å²) in [5.74, 6) is -2.58. The molecule has 1 heterocycles. The molecule has 0 aromatic heterocycles. The molecule has 1 aliphatic rings. The standard InChI is InChI=1S/C12H12FNO4/c13-8-4-1-3-7(12(16)17)10(8)14-11(15)9-5-2-6-18-9/h1,3-4,9H,2,5-6H2,(H,14,15)(H,16,17). The van der Waals surface area contributed by atoms with Gasteiger partial charge in [0.1, 0.15) is 11.9 Å². The Hall–Kier alpha value is -1.95. The van der Waals surface area contributed by atoms with Crippen LogP contribution in [-0.2, 0) is 9.53 Å². The summed E-state index contributed by atoms with van der Waals surface area (Å²) in [4.78, 5) is 22.7. The summed E-state index contributed by atoms with van der Waals surface area (Å²) in [7, 11) is 0. The molecule has 1 saturated heterocycles. The molecule has 0 bridgehead atoms. The Morgan fingerprint density at radius 1 is 1.44 bits per heavy atom. The summed E-state index contributed by atoms with van der Waals surface area (Å²) in [6.45, 7) is 0.487. The molecule has 1 fully saturated rings. The van der Waals surface area contributed by atoms with Crippen LogP contribution in [-0.4, -0.2) is 29.7 Å². The number of anilines is 1. The highest BCUT2D eigenvalue weighted by Crippen LogP contribution is 2.22. The number of para-hydroxylation sites is 1. The summed E-state index contributed by atoms with van der Waals surface area (Å²) in [6, 6.07) is 3.61. The lowest BCUT2D eigenvalue weighted by Gasteiger charge is -2.12. The zero-order valence-corrected chi connectivity index (χ0v) is 9.48. The average Bonchev–Trinajstić information content (AvgIpc) is 2.85. The average molecular weight is 253 g/mol.